The van der Waals surface area contributed by atoms with Crippen molar-refractivity contribution in [3.8, 4) is 11.1 Å². The second-order valence-corrected chi connectivity index (χ2v) is 7.84. The zero-order chi connectivity index (χ0) is 22.6. The Bertz CT molecular complexity index is 1440. The number of nitrogens with zero attached hydrogens (tertiary/aromatic N) is 1. The number of aromatic amines is 2. The molecule has 0 fully saturated rings. The number of carbonyl (C=O) groups excluding carboxylic acids is 2. The Morgan fingerprint density at radius 2 is 1.64 bits per heavy atom. The van der Waals surface area contributed by atoms with Gasteiger partial charge in [-0.15, -0.1) is 0 Å². The Morgan fingerprint density at radius 1 is 0.848 bits per heavy atom. The van der Waals surface area contributed by atoms with Crippen LogP contribution < -0.4 is 10.6 Å². The van der Waals surface area contributed by atoms with Crippen LogP contribution >= 0.6 is 0 Å². The van der Waals surface area contributed by atoms with E-state index in [1.54, 1.807) is 18.5 Å². The van der Waals surface area contributed by atoms with Crippen molar-refractivity contribution in [1.82, 2.24) is 25.6 Å². The lowest BCUT2D eigenvalue weighted by molar-refractivity contribution is -0.120. The van der Waals surface area contributed by atoms with E-state index in [4.69, 9.17) is 0 Å². The molecule has 33 heavy (non-hydrogen) atoms. The fourth-order valence-corrected chi connectivity index (χ4v) is 4.03. The Labute approximate surface area is 190 Å². The molecule has 3 aromatic heterocycles. The average molecular weight is 438 g/mol. The van der Waals surface area contributed by atoms with E-state index in [1.165, 1.54) is 0 Å². The quantitative estimate of drug-likeness (QED) is 0.311. The van der Waals surface area contributed by atoms with Crippen LogP contribution in [0.25, 0.3) is 32.9 Å². The van der Waals surface area contributed by atoms with Crippen LogP contribution in [0.2, 0.25) is 0 Å². The molecule has 0 spiro atoms. The number of para-hydroxylation sites is 1. The van der Waals surface area contributed by atoms with E-state index < -0.39 is 0 Å². The van der Waals surface area contributed by atoms with Crippen LogP contribution in [-0.2, 0) is 11.2 Å². The van der Waals surface area contributed by atoms with Crippen LogP contribution in [0.4, 0.5) is 0 Å². The van der Waals surface area contributed by atoms with E-state index in [-0.39, 0.29) is 18.4 Å². The van der Waals surface area contributed by atoms with E-state index in [0.29, 0.717) is 18.5 Å². The van der Waals surface area contributed by atoms with Crippen molar-refractivity contribution in [3.63, 3.8) is 0 Å². The van der Waals surface area contributed by atoms with Gasteiger partial charge in [0.05, 0.1) is 6.54 Å². The predicted octanol–water partition coefficient (Wildman–Crippen LogP) is 3.80. The molecule has 5 rings (SSSR count). The molecule has 0 aliphatic heterocycles. The number of nitrogens with one attached hydrogen (secondary N) is 4. The summed E-state index contributed by atoms with van der Waals surface area (Å²) in [5.41, 5.74) is 5.69. The molecule has 164 valence electrons. The maximum absolute atomic E-state index is 12.7. The molecule has 4 N–H and O–H groups in total. The van der Waals surface area contributed by atoms with Gasteiger partial charge < -0.3 is 20.6 Å². The maximum atomic E-state index is 12.7. The molecule has 2 amide bonds. The van der Waals surface area contributed by atoms with Gasteiger partial charge in [0, 0.05) is 64.3 Å². The molecule has 0 bridgehead atoms. The molecule has 0 aliphatic rings. The summed E-state index contributed by atoms with van der Waals surface area (Å²) in [5.74, 6) is -0.506. The molecular weight excluding hydrogens is 414 g/mol. The van der Waals surface area contributed by atoms with Gasteiger partial charge in [0.15, 0.2) is 0 Å². The minimum Gasteiger partial charge on any atom is -0.361 e. The molecule has 0 saturated carbocycles. The van der Waals surface area contributed by atoms with Crippen molar-refractivity contribution in [2.75, 3.05) is 13.1 Å². The molecule has 0 radical (unpaired) electrons. The third kappa shape index (κ3) is 4.34. The Kier molecular flexibility index (Phi) is 5.59. The third-order valence-electron chi connectivity index (χ3n) is 5.74. The minimum absolute atomic E-state index is 0.0743. The molecule has 7 heteroatoms. The average Bonchev–Trinajstić information content (AvgIpc) is 3.47. The number of aromatic nitrogens is 3. The van der Waals surface area contributed by atoms with Gasteiger partial charge in [-0.25, -0.2) is 0 Å². The Hall–Kier alpha value is -4.39. The Morgan fingerprint density at radius 3 is 2.52 bits per heavy atom. The van der Waals surface area contributed by atoms with E-state index in [0.717, 1.165) is 38.5 Å². The first kappa shape index (κ1) is 20.5. The summed E-state index contributed by atoms with van der Waals surface area (Å²) in [6, 6.07) is 17.4. The largest absolute Gasteiger partial charge is 0.361 e. The SMILES string of the molecule is O=C(CNC(=O)c1ccc2[nH]cc(-c3ccncc3)c2c1)NCCc1c[nH]c2ccccc12. The standard InChI is InChI=1S/C26H23N5O2/c32-25(28-12-9-19-14-29-23-4-2-1-3-20(19)23)16-31-26(33)18-5-6-24-21(13-18)22(15-30-24)17-7-10-27-11-8-17/h1-8,10-11,13-15,29-30H,9,12,16H2,(H,28,32)(H,31,33). The van der Waals surface area contributed by atoms with Gasteiger partial charge in [0.2, 0.25) is 5.91 Å². The van der Waals surface area contributed by atoms with Crippen LogP contribution in [0.15, 0.2) is 79.4 Å². The lowest BCUT2D eigenvalue weighted by atomic mass is 10.0. The number of pyridine rings is 1. The zero-order valence-corrected chi connectivity index (χ0v) is 17.9. The first-order valence-electron chi connectivity index (χ1n) is 10.8. The molecule has 0 saturated heterocycles. The van der Waals surface area contributed by atoms with Crippen molar-refractivity contribution in [1.29, 1.82) is 0 Å². The van der Waals surface area contributed by atoms with Gasteiger partial charge in [-0.05, 0) is 53.9 Å². The second-order valence-electron chi connectivity index (χ2n) is 7.84. The molecule has 0 aliphatic carbocycles. The summed E-state index contributed by atoms with van der Waals surface area (Å²) in [5, 5.41) is 7.68. The molecule has 2 aromatic carbocycles. The van der Waals surface area contributed by atoms with Gasteiger partial charge in [-0.2, -0.15) is 0 Å². The van der Waals surface area contributed by atoms with Crippen LogP contribution in [0.3, 0.4) is 0 Å². The second kappa shape index (κ2) is 9.00. The van der Waals surface area contributed by atoms with Gasteiger partial charge in [0.1, 0.15) is 0 Å². The van der Waals surface area contributed by atoms with Gasteiger partial charge in [-0.3, -0.25) is 14.6 Å². The Balaban J connectivity index is 1.18. The minimum atomic E-state index is -0.287. The highest BCUT2D eigenvalue weighted by molar-refractivity contribution is 6.03. The summed E-state index contributed by atoms with van der Waals surface area (Å²) >= 11 is 0. The van der Waals surface area contributed by atoms with Gasteiger partial charge in [-0.1, -0.05) is 18.2 Å². The van der Waals surface area contributed by atoms with Crippen LogP contribution in [0.1, 0.15) is 15.9 Å². The first-order valence-corrected chi connectivity index (χ1v) is 10.8. The topological polar surface area (TPSA) is 103 Å². The van der Waals surface area contributed by atoms with E-state index in [9.17, 15) is 9.59 Å². The molecule has 0 atom stereocenters. The maximum Gasteiger partial charge on any atom is 0.251 e. The molecular formula is C26H23N5O2. The summed E-state index contributed by atoms with van der Waals surface area (Å²) in [6.45, 7) is 0.427. The van der Waals surface area contributed by atoms with Crippen molar-refractivity contribution < 1.29 is 9.59 Å². The third-order valence-corrected chi connectivity index (χ3v) is 5.74. The highest BCUT2D eigenvalue weighted by Gasteiger charge is 2.12. The summed E-state index contributed by atoms with van der Waals surface area (Å²) < 4.78 is 0. The number of benzene rings is 2. The zero-order valence-electron chi connectivity index (χ0n) is 17.9. The van der Waals surface area contributed by atoms with Crippen molar-refractivity contribution >= 4 is 33.6 Å². The molecule has 7 nitrogen and oxygen atoms in total. The first-order chi connectivity index (χ1) is 16.2. The highest BCUT2D eigenvalue weighted by Crippen LogP contribution is 2.28. The van der Waals surface area contributed by atoms with E-state index in [1.807, 2.05) is 54.9 Å². The van der Waals surface area contributed by atoms with Gasteiger partial charge in [0.25, 0.3) is 5.91 Å². The number of fused-ring (bicyclic) bond motifs is 2. The number of H-pyrrole nitrogens is 2. The summed E-state index contributed by atoms with van der Waals surface area (Å²) in [7, 11) is 0. The molecule has 5 aromatic rings. The van der Waals surface area contributed by atoms with E-state index in [2.05, 4.69) is 31.7 Å². The highest BCUT2D eigenvalue weighted by atomic mass is 16.2. The fraction of sp³-hybridized carbons (Fsp3) is 0.115. The van der Waals surface area contributed by atoms with Crippen molar-refractivity contribution in [2.45, 2.75) is 6.42 Å². The summed E-state index contributed by atoms with van der Waals surface area (Å²) in [4.78, 5) is 35.4. The van der Waals surface area contributed by atoms with Gasteiger partial charge >= 0.3 is 0 Å². The normalized spacial score (nSPS) is 11.0. The number of amides is 2. The fourth-order valence-electron chi connectivity index (χ4n) is 4.03. The van der Waals surface area contributed by atoms with Crippen LogP contribution in [-0.4, -0.2) is 39.9 Å². The monoisotopic (exact) mass is 437 g/mol. The number of carbonyl (C=O) groups is 2. The summed E-state index contributed by atoms with van der Waals surface area (Å²) in [6.07, 6.45) is 8.08. The lowest BCUT2D eigenvalue weighted by Crippen LogP contribution is -2.37. The molecule has 0 unspecified atom stereocenters. The van der Waals surface area contributed by atoms with Crippen LogP contribution in [0, 0.1) is 0 Å². The predicted molar refractivity (Wildman–Crippen MR) is 129 cm³/mol. The van der Waals surface area contributed by atoms with Crippen molar-refractivity contribution in [3.05, 3.63) is 90.5 Å². The van der Waals surface area contributed by atoms with Crippen molar-refractivity contribution in [2.24, 2.45) is 0 Å². The number of hydrogen-bond donors (Lipinski definition) is 4. The van der Waals surface area contributed by atoms with E-state index >= 15 is 0 Å². The smallest absolute Gasteiger partial charge is 0.251 e. The lowest BCUT2D eigenvalue weighted by Gasteiger charge is -2.08. The number of hydrogen-bond acceptors (Lipinski definition) is 3. The van der Waals surface area contributed by atoms with Crippen LogP contribution in [0.5, 0.6) is 0 Å². The molecule has 3 heterocycles. The number of rotatable bonds is 7.